The number of amides is 1. The van der Waals surface area contributed by atoms with Crippen molar-refractivity contribution in [3.63, 3.8) is 0 Å². The molecule has 0 aliphatic carbocycles. The fraction of sp³-hybridized carbons (Fsp3) is 0.533. The minimum absolute atomic E-state index is 0.0377. The first-order valence-corrected chi connectivity index (χ1v) is 7.86. The lowest BCUT2D eigenvalue weighted by molar-refractivity contribution is -0.384. The second-order valence-electron chi connectivity index (χ2n) is 5.46. The van der Waals surface area contributed by atoms with E-state index in [9.17, 15) is 14.9 Å². The van der Waals surface area contributed by atoms with Crippen LogP contribution in [-0.2, 0) is 4.74 Å². The minimum Gasteiger partial charge on any atom is -0.381 e. The van der Waals surface area contributed by atoms with Gasteiger partial charge in [-0.15, -0.1) is 0 Å². The number of methoxy groups -OCH3 is 1. The van der Waals surface area contributed by atoms with E-state index in [0.717, 1.165) is 32.5 Å². The van der Waals surface area contributed by atoms with Crippen molar-refractivity contribution in [2.24, 2.45) is 0 Å². The Labute approximate surface area is 139 Å². The molecule has 0 radical (unpaired) electrons. The van der Waals surface area contributed by atoms with E-state index in [1.807, 2.05) is 0 Å². The minimum atomic E-state index is -0.576. The van der Waals surface area contributed by atoms with Crippen LogP contribution in [0.4, 0.5) is 5.69 Å². The number of carbonyl (C=O) groups is 1. The number of hydrogen-bond donors (Lipinski definition) is 1. The van der Waals surface area contributed by atoms with E-state index in [2.05, 4.69) is 10.2 Å². The molecule has 1 N–H and O–H groups in total. The average molecular weight is 342 g/mol. The number of nitro benzene ring substituents is 1. The zero-order valence-electron chi connectivity index (χ0n) is 13.0. The summed E-state index contributed by atoms with van der Waals surface area (Å²) in [7, 11) is 1.73. The Morgan fingerprint density at radius 2 is 2.17 bits per heavy atom. The van der Waals surface area contributed by atoms with Crippen LogP contribution in [0, 0.1) is 10.1 Å². The third-order valence-electron chi connectivity index (χ3n) is 3.99. The molecule has 0 aromatic heterocycles. The Morgan fingerprint density at radius 1 is 1.48 bits per heavy atom. The van der Waals surface area contributed by atoms with Crippen molar-refractivity contribution >= 4 is 23.2 Å². The summed E-state index contributed by atoms with van der Waals surface area (Å²) in [6, 6.07) is 3.97. The summed E-state index contributed by atoms with van der Waals surface area (Å²) >= 11 is 5.81. The van der Waals surface area contributed by atoms with Gasteiger partial charge in [0, 0.05) is 44.9 Å². The molecule has 0 bridgehead atoms. The predicted octanol–water partition coefficient (Wildman–Crippen LogP) is 2.09. The summed E-state index contributed by atoms with van der Waals surface area (Å²) in [5, 5.41) is 13.5. The Balaban J connectivity index is 1.79. The van der Waals surface area contributed by atoms with Gasteiger partial charge in [-0.05, 0) is 25.0 Å². The summed E-state index contributed by atoms with van der Waals surface area (Å²) in [5.41, 5.74) is 0.114. The molecule has 1 amide bonds. The molecule has 23 heavy (non-hydrogen) atoms. The van der Waals surface area contributed by atoms with Crippen molar-refractivity contribution < 1.29 is 14.5 Å². The third-order valence-corrected chi connectivity index (χ3v) is 4.29. The fourth-order valence-electron chi connectivity index (χ4n) is 2.59. The molecule has 126 valence electrons. The molecular weight excluding hydrogens is 322 g/mol. The van der Waals surface area contributed by atoms with Gasteiger partial charge in [-0.1, -0.05) is 11.6 Å². The lowest BCUT2D eigenvalue weighted by Gasteiger charge is -2.31. The number of benzene rings is 1. The summed E-state index contributed by atoms with van der Waals surface area (Å²) < 4.78 is 5.32. The van der Waals surface area contributed by atoms with E-state index in [1.54, 1.807) is 7.11 Å². The van der Waals surface area contributed by atoms with Gasteiger partial charge in [-0.2, -0.15) is 0 Å². The fourth-order valence-corrected chi connectivity index (χ4v) is 2.84. The number of nitro groups is 1. The van der Waals surface area contributed by atoms with Crippen LogP contribution in [0.1, 0.15) is 23.2 Å². The van der Waals surface area contributed by atoms with Gasteiger partial charge in [0.1, 0.15) is 5.02 Å². The number of piperidine rings is 1. The van der Waals surface area contributed by atoms with Gasteiger partial charge in [0.15, 0.2) is 0 Å². The van der Waals surface area contributed by atoms with Crippen LogP contribution < -0.4 is 5.32 Å². The molecule has 0 saturated carbocycles. The maximum Gasteiger partial charge on any atom is 0.287 e. The van der Waals surface area contributed by atoms with Crippen LogP contribution in [0.3, 0.4) is 0 Å². The first-order chi connectivity index (χ1) is 11.0. The van der Waals surface area contributed by atoms with Crippen molar-refractivity contribution in [3.05, 3.63) is 38.9 Å². The summed E-state index contributed by atoms with van der Waals surface area (Å²) in [4.78, 5) is 24.4. The number of rotatable bonds is 6. The Hall–Kier alpha value is -1.70. The normalized spacial score (nSPS) is 16.3. The van der Waals surface area contributed by atoms with E-state index >= 15 is 0 Å². The van der Waals surface area contributed by atoms with Crippen molar-refractivity contribution in [2.45, 2.75) is 18.9 Å². The molecule has 0 atom stereocenters. The van der Waals surface area contributed by atoms with Gasteiger partial charge in [0.2, 0.25) is 0 Å². The second kappa shape index (κ2) is 8.24. The first-order valence-electron chi connectivity index (χ1n) is 7.48. The number of carbonyl (C=O) groups excluding carboxylic acids is 1. The van der Waals surface area contributed by atoms with E-state index < -0.39 is 4.92 Å². The van der Waals surface area contributed by atoms with Gasteiger partial charge in [0.05, 0.1) is 11.0 Å². The number of nitrogens with zero attached hydrogens (tertiary/aromatic N) is 2. The Kier molecular flexibility index (Phi) is 6.32. The average Bonchev–Trinajstić information content (AvgIpc) is 2.55. The molecule has 1 heterocycles. The van der Waals surface area contributed by atoms with Crippen molar-refractivity contribution in [3.8, 4) is 0 Å². The number of nitrogens with one attached hydrogen (secondary N) is 1. The predicted molar refractivity (Wildman–Crippen MR) is 86.9 cm³/mol. The van der Waals surface area contributed by atoms with Crippen LogP contribution in [0.15, 0.2) is 18.2 Å². The number of halogens is 1. The van der Waals surface area contributed by atoms with Crippen molar-refractivity contribution in [1.29, 1.82) is 0 Å². The number of likely N-dealkylation sites (tertiary alicyclic amines) is 1. The molecule has 0 spiro atoms. The molecule has 1 aromatic carbocycles. The number of hydrogen-bond acceptors (Lipinski definition) is 5. The highest BCUT2D eigenvalue weighted by atomic mass is 35.5. The van der Waals surface area contributed by atoms with Crippen LogP contribution >= 0.6 is 11.6 Å². The van der Waals surface area contributed by atoms with Crippen molar-refractivity contribution in [2.75, 3.05) is 33.3 Å². The maximum atomic E-state index is 12.0. The molecule has 1 aliphatic heterocycles. The molecule has 8 heteroatoms. The molecular formula is C15H20ClN3O4. The monoisotopic (exact) mass is 341 g/mol. The highest BCUT2D eigenvalue weighted by Crippen LogP contribution is 2.24. The SMILES string of the molecule is COC1CCN(CCNC(=O)c2ccc([N+](=O)[O-])c(Cl)c2)CC1. The second-order valence-corrected chi connectivity index (χ2v) is 5.86. The lowest BCUT2D eigenvalue weighted by Crippen LogP contribution is -2.41. The standard InChI is InChI=1S/C15H20ClN3O4/c1-23-12-4-7-18(8-5-12)9-6-17-15(20)11-2-3-14(19(21)22)13(16)10-11/h2-3,10,12H,4-9H2,1H3,(H,17,20). The largest absolute Gasteiger partial charge is 0.381 e. The van der Waals surface area contributed by atoms with E-state index in [1.165, 1.54) is 18.2 Å². The highest BCUT2D eigenvalue weighted by Gasteiger charge is 2.19. The summed E-state index contributed by atoms with van der Waals surface area (Å²) in [5.74, 6) is -0.284. The van der Waals surface area contributed by atoms with E-state index in [4.69, 9.17) is 16.3 Å². The quantitative estimate of drug-likeness (QED) is 0.632. The Morgan fingerprint density at radius 3 is 2.74 bits per heavy atom. The van der Waals surface area contributed by atoms with Crippen LogP contribution in [0.5, 0.6) is 0 Å². The van der Waals surface area contributed by atoms with Gasteiger partial charge in [-0.3, -0.25) is 14.9 Å². The van der Waals surface area contributed by atoms with Crippen LogP contribution in [0.25, 0.3) is 0 Å². The summed E-state index contributed by atoms with van der Waals surface area (Å²) in [6.07, 6.45) is 2.34. The topological polar surface area (TPSA) is 84.7 Å². The van der Waals surface area contributed by atoms with Gasteiger partial charge in [-0.25, -0.2) is 0 Å². The van der Waals surface area contributed by atoms with Crippen LogP contribution in [0.2, 0.25) is 5.02 Å². The maximum absolute atomic E-state index is 12.0. The summed E-state index contributed by atoms with van der Waals surface area (Å²) in [6.45, 7) is 3.20. The van der Waals surface area contributed by atoms with E-state index in [0.29, 0.717) is 18.2 Å². The number of ether oxygens (including phenoxy) is 1. The van der Waals surface area contributed by atoms with Gasteiger partial charge in [0.25, 0.3) is 11.6 Å². The first kappa shape index (κ1) is 17.7. The van der Waals surface area contributed by atoms with Crippen LogP contribution in [-0.4, -0.2) is 55.1 Å². The zero-order chi connectivity index (χ0) is 16.8. The molecule has 2 rings (SSSR count). The smallest absolute Gasteiger partial charge is 0.287 e. The Bertz CT molecular complexity index is 574. The van der Waals surface area contributed by atoms with Gasteiger partial charge >= 0.3 is 0 Å². The van der Waals surface area contributed by atoms with Gasteiger partial charge < -0.3 is 15.0 Å². The highest BCUT2D eigenvalue weighted by molar-refractivity contribution is 6.33. The molecule has 1 aliphatic rings. The van der Waals surface area contributed by atoms with Crippen molar-refractivity contribution in [1.82, 2.24) is 10.2 Å². The zero-order valence-corrected chi connectivity index (χ0v) is 13.7. The molecule has 1 aromatic rings. The lowest BCUT2D eigenvalue weighted by atomic mass is 10.1. The third kappa shape index (κ3) is 4.89. The van der Waals surface area contributed by atoms with E-state index in [-0.39, 0.29) is 16.6 Å². The molecule has 7 nitrogen and oxygen atoms in total. The molecule has 1 saturated heterocycles. The molecule has 0 unspecified atom stereocenters. The molecule has 1 fully saturated rings.